The van der Waals surface area contributed by atoms with Gasteiger partial charge in [-0.15, -0.1) is 23.7 Å². The zero-order valence-corrected chi connectivity index (χ0v) is 14.3. The van der Waals surface area contributed by atoms with Crippen molar-refractivity contribution >= 4 is 29.7 Å². The highest BCUT2D eigenvalue weighted by Gasteiger charge is 2.22. The Kier molecular flexibility index (Phi) is 6.38. The van der Waals surface area contributed by atoms with Crippen LogP contribution in [0.15, 0.2) is 29.6 Å². The second-order valence-electron chi connectivity index (χ2n) is 5.25. The minimum absolute atomic E-state index is 0. The molecule has 1 unspecified atom stereocenters. The fourth-order valence-corrected chi connectivity index (χ4v) is 3.38. The Morgan fingerprint density at radius 2 is 2.26 bits per heavy atom. The van der Waals surface area contributed by atoms with Gasteiger partial charge in [-0.2, -0.15) is 0 Å². The number of para-hydroxylation sites is 1. The second-order valence-corrected chi connectivity index (χ2v) is 6.19. The Balaban J connectivity index is 0.00000192. The lowest BCUT2D eigenvalue weighted by molar-refractivity contribution is 0.0944. The molecule has 7 heteroatoms. The van der Waals surface area contributed by atoms with Crippen molar-refractivity contribution in [1.82, 2.24) is 10.3 Å². The van der Waals surface area contributed by atoms with Crippen molar-refractivity contribution in [2.75, 3.05) is 19.7 Å². The summed E-state index contributed by atoms with van der Waals surface area (Å²) in [6.45, 7) is 1.84. The Morgan fingerprint density at radius 1 is 1.43 bits per heavy atom. The number of ether oxygens (including phenoxy) is 1. The van der Waals surface area contributed by atoms with Gasteiger partial charge in [-0.1, -0.05) is 18.2 Å². The molecule has 1 aromatic carbocycles. The number of halogens is 1. The van der Waals surface area contributed by atoms with Crippen molar-refractivity contribution in [2.45, 2.75) is 18.8 Å². The molecule has 5 nitrogen and oxygen atoms in total. The van der Waals surface area contributed by atoms with E-state index in [1.165, 1.54) is 11.3 Å². The van der Waals surface area contributed by atoms with Crippen LogP contribution in [0.3, 0.4) is 0 Å². The lowest BCUT2D eigenvalue weighted by atomic mass is 9.93. The highest BCUT2D eigenvalue weighted by molar-refractivity contribution is 7.09. The molecule has 0 fully saturated rings. The average molecular weight is 354 g/mol. The topological polar surface area (TPSA) is 77.2 Å². The molecule has 3 rings (SSSR count). The molecular formula is C16H20ClN3O2S. The molecule has 124 valence electrons. The number of carbonyl (C=O) groups excluding carboxylic acids is 1. The van der Waals surface area contributed by atoms with Gasteiger partial charge < -0.3 is 15.8 Å². The summed E-state index contributed by atoms with van der Waals surface area (Å²) in [5.41, 5.74) is 7.15. The summed E-state index contributed by atoms with van der Waals surface area (Å²) >= 11 is 1.48. The zero-order chi connectivity index (χ0) is 15.4. The molecule has 0 bridgehead atoms. The normalized spacial score (nSPS) is 16.0. The number of nitrogens with two attached hydrogens (primary N) is 1. The largest absolute Gasteiger partial charge is 0.493 e. The van der Waals surface area contributed by atoms with Crippen molar-refractivity contribution in [3.63, 3.8) is 0 Å². The minimum atomic E-state index is -0.122. The molecule has 0 spiro atoms. The number of benzene rings is 1. The third kappa shape index (κ3) is 4.22. The number of hydrogen-bond acceptors (Lipinski definition) is 5. The SMILES string of the molecule is Cl.NCCc1nc(C(=O)NCC2CCOc3ccccc32)cs1. The predicted molar refractivity (Wildman–Crippen MR) is 93.7 cm³/mol. The standard InChI is InChI=1S/C16H19N3O2S.ClH/c17-7-5-15-19-13(10-22-15)16(20)18-9-11-6-8-21-14-4-2-1-3-12(11)14;/h1-4,10-11H,5-9,17H2,(H,18,20);1H. The summed E-state index contributed by atoms with van der Waals surface area (Å²) in [7, 11) is 0. The molecule has 1 aromatic heterocycles. The van der Waals surface area contributed by atoms with E-state index < -0.39 is 0 Å². The molecule has 2 aromatic rings. The highest BCUT2D eigenvalue weighted by Crippen LogP contribution is 2.32. The molecule has 0 saturated heterocycles. The first kappa shape index (κ1) is 17.7. The van der Waals surface area contributed by atoms with Crippen LogP contribution >= 0.6 is 23.7 Å². The Bertz CT molecular complexity index is 662. The van der Waals surface area contributed by atoms with Crippen LogP contribution in [0, 0.1) is 0 Å². The quantitative estimate of drug-likeness (QED) is 0.865. The number of nitrogens with one attached hydrogen (secondary N) is 1. The van der Waals surface area contributed by atoms with Gasteiger partial charge in [-0.25, -0.2) is 4.98 Å². The van der Waals surface area contributed by atoms with Crippen molar-refractivity contribution in [3.8, 4) is 5.75 Å². The summed E-state index contributed by atoms with van der Waals surface area (Å²) < 4.78 is 5.64. The number of amides is 1. The van der Waals surface area contributed by atoms with Gasteiger partial charge in [0.1, 0.15) is 11.4 Å². The predicted octanol–water partition coefficient (Wildman–Crippen LogP) is 2.36. The number of fused-ring (bicyclic) bond motifs is 1. The summed E-state index contributed by atoms with van der Waals surface area (Å²) in [5.74, 6) is 1.09. The van der Waals surface area contributed by atoms with E-state index in [4.69, 9.17) is 10.5 Å². The number of rotatable bonds is 5. The average Bonchev–Trinajstić information content (AvgIpc) is 3.02. The van der Waals surface area contributed by atoms with Gasteiger partial charge in [0, 0.05) is 24.3 Å². The van der Waals surface area contributed by atoms with E-state index >= 15 is 0 Å². The maximum Gasteiger partial charge on any atom is 0.270 e. The number of aromatic nitrogens is 1. The molecule has 23 heavy (non-hydrogen) atoms. The first-order chi connectivity index (χ1) is 10.8. The van der Waals surface area contributed by atoms with Gasteiger partial charge in [0.15, 0.2) is 0 Å². The maximum absolute atomic E-state index is 12.2. The van der Waals surface area contributed by atoms with E-state index in [0.29, 0.717) is 31.8 Å². The van der Waals surface area contributed by atoms with Crippen LogP contribution in [0.25, 0.3) is 0 Å². The monoisotopic (exact) mass is 353 g/mol. The van der Waals surface area contributed by atoms with Crippen molar-refractivity contribution < 1.29 is 9.53 Å². The van der Waals surface area contributed by atoms with E-state index in [1.54, 1.807) is 5.38 Å². The van der Waals surface area contributed by atoms with Crippen LogP contribution < -0.4 is 15.8 Å². The van der Waals surface area contributed by atoms with E-state index in [1.807, 2.05) is 18.2 Å². The second kappa shape index (κ2) is 8.29. The van der Waals surface area contributed by atoms with Crippen molar-refractivity contribution in [2.24, 2.45) is 5.73 Å². The molecule has 1 amide bonds. The number of hydrogen-bond donors (Lipinski definition) is 2. The molecule has 1 aliphatic rings. The zero-order valence-electron chi connectivity index (χ0n) is 12.7. The van der Waals surface area contributed by atoms with Gasteiger partial charge in [-0.05, 0) is 24.6 Å². The number of nitrogens with zero attached hydrogens (tertiary/aromatic N) is 1. The van der Waals surface area contributed by atoms with Crippen LogP contribution in [-0.2, 0) is 6.42 Å². The summed E-state index contributed by atoms with van der Waals surface area (Å²) in [4.78, 5) is 16.5. The lowest BCUT2D eigenvalue weighted by Gasteiger charge is -2.25. The maximum atomic E-state index is 12.2. The molecule has 1 atom stereocenters. The van der Waals surface area contributed by atoms with Crippen LogP contribution in [0.5, 0.6) is 5.75 Å². The van der Waals surface area contributed by atoms with Gasteiger partial charge in [0.2, 0.25) is 0 Å². The van der Waals surface area contributed by atoms with Crippen LogP contribution in [0.2, 0.25) is 0 Å². The van der Waals surface area contributed by atoms with E-state index in [2.05, 4.69) is 16.4 Å². The van der Waals surface area contributed by atoms with Gasteiger partial charge in [-0.3, -0.25) is 4.79 Å². The highest BCUT2D eigenvalue weighted by atomic mass is 35.5. The van der Waals surface area contributed by atoms with E-state index in [-0.39, 0.29) is 24.2 Å². The number of thiazole rings is 1. The first-order valence-corrected chi connectivity index (χ1v) is 8.30. The lowest BCUT2D eigenvalue weighted by Crippen LogP contribution is -2.31. The molecule has 0 saturated carbocycles. The fourth-order valence-electron chi connectivity index (χ4n) is 2.59. The van der Waals surface area contributed by atoms with E-state index in [9.17, 15) is 4.79 Å². The molecular weight excluding hydrogens is 334 g/mol. The minimum Gasteiger partial charge on any atom is -0.493 e. The summed E-state index contributed by atoms with van der Waals surface area (Å²) in [5, 5.41) is 5.68. The smallest absolute Gasteiger partial charge is 0.270 e. The fraction of sp³-hybridized carbons (Fsp3) is 0.375. The summed E-state index contributed by atoms with van der Waals surface area (Å²) in [6, 6.07) is 8.01. The van der Waals surface area contributed by atoms with E-state index in [0.717, 1.165) is 22.7 Å². The molecule has 3 N–H and O–H groups in total. The number of carbonyl (C=O) groups is 1. The third-order valence-electron chi connectivity index (χ3n) is 3.73. The molecule has 0 aliphatic carbocycles. The van der Waals surface area contributed by atoms with Crippen LogP contribution in [0.4, 0.5) is 0 Å². The molecule has 2 heterocycles. The van der Waals surface area contributed by atoms with Crippen LogP contribution in [-0.4, -0.2) is 30.6 Å². The van der Waals surface area contributed by atoms with Crippen LogP contribution in [0.1, 0.15) is 33.4 Å². The summed E-state index contributed by atoms with van der Waals surface area (Å²) in [6.07, 6.45) is 1.62. The Hall–Kier alpha value is -1.63. The first-order valence-electron chi connectivity index (χ1n) is 7.42. The molecule has 1 aliphatic heterocycles. The van der Waals surface area contributed by atoms with Crippen molar-refractivity contribution in [1.29, 1.82) is 0 Å². The van der Waals surface area contributed by atoms with Gasteiger partial charge >= 0.3 is 0 Å². The Labute approximate surface area is 145 Å². The molecule has 0 radical (unpaired) electrons. The van der Waals surface area contributed by atoms with Gasteiger partial charge in [0.05, 0.1) is 11.6 Å². The van der Waals surface area contributed by atoms with Crippen molar-refractivity contribution in [3.05, 3.63) is 45.9 Å². The van der Waals surface area contributed by atoms with Gasteiger partial charge in [0.25, 0.3) is 5.91 Å². The Morgan fingerprint density at radius 3 is 3.09 bits per heavy atom. The third-order valence-corrected chi connectivity index (χ3v) is 4.64.